The summed E-state index contributed by atoms with van der Waals surface area (Å²) in [6.07, 6.45) is 0.861. The van der Waals surface area contributed by atoms with Gasteiger partial charge in [-0.05, 0) is 62.7 Å². The van der Waals surface area contributed by atoms with Crippen molar-refractivity contribution in [3.05, 3.63) is 59.7 Å². The number of carbonyl (C=O) groups excluding carboxylic acids is 1. The summed E-state index contributed by atoms with van der Waals surface area (Å²) >= 11 is 0. The molecule has 152 valence electrons. The van der Waals surface area contributed by atoms with Crippen LogP contribution in [0.25, 0.3) is 0 Å². The first-order chi connectivity index (χ1) is 12.8. The average Bonchev–Trinajstić information content (AvgIpc) is 2.65. The lowest BCUT2D eigenvalue weighted by Gasteiger charge is -2.30. The van der Waals surface area contributed by atoms with E-state index in [1.165, 1.54) is 12.1 Å². The van der Waals surface area contributed by atoms with Gasteiger partial charge in [0.2, 0.25) is 0 Å². The Balaban J connectivity index is 0.00000280. The minimum absolute atomic E-state index is 0. The highest BCUT2D eigenvalue weighted by Crippen LogP contribution is 2.18. The van der Waals surface area contributed by atoms with Gasteiger partial charge in [0.05, 0.1) is 4.90 Å². The zero-order chi connectivity index (χ0) is 19.4. The molecule has 6 nitrogen and oxygen atoms in total. The lowest BCUT2D eigenvalue weighted by atomic mass is 9.95. The van der Waals surface area contributed by atoms with E-state index in [1.54, 1.807) is 24.3 Å². The first-order valence-electron chi connectivity index (χ1n) is 9.06. The van der Waals surface area contributed by atoms with E-state index >= 15 is 0 Å². The molecule has 0 bridgehead atoms. The minimum Gasteiger partial charge on any atom is -0.349 e. The molecule has 0 spiro atoms. The monoisotopic (exact) mass is 423 g/mol. The third-order valence-corrected chi connectivity index (χ3v) is 6.19. The molecule has 1 fully saturated rings. The molecular formula is C20H26ClN3O3S. The first-order valence-corrected chi connectivity index (χ1v) is 10.5. The molecular weight excluding hydrogens is 398 g/mol. The Morgan fingerprint density at radius 1 is 1.14 bits per heavy atom. The second kappa shape index (κ2) is 9.41. The Hall–Kier alpha value is -2.09. The van der Waals surface area contributed by atoms with E-state index in [9.17, 15) is 13.2 Å². The lowest BCUT2D eigenvalue weighted by molar-refractivity contribution is 0.0914. The number of anilines is 1. The Kier molecular flexibility index (Phi) is 7.46. The van der Waals surface area contributed by atoms with E-state index in [2.05, 4.69) is 22.3 Å². The van der Waals surface area contributed by atoms with Gasteiger partial charge in [-0.3, -0.25) is 9.52 Å². The summed E-state index contributed by atoms with van der Waals surface area (Å²) in [6.45, 7) is 5.75. The number of sulfonamides is 1. The Labute approximate surface area is 172 Å². The van der Waals surface area contributed by atoms with Crippen LogP contribution in [0.5, 0.6) is 0 Å². The fraction of sp³-hybridized carbons (Fsp3) is 0.350. The summed E-state index contributed by atoms with van der Waals surface area (Å²) in [4.78, 5) is 12.7. The number of halogens is 1. The predicted octanol–water partition coefficient (Wildman–Crippen LogP) is 2.95. The summed E-state index contributed by atoms with van der Waals surface area (Å²) in [7, 11) is -3.77. The molecule has 2 aromatic carbocycles. The zero-order valence-electron chi connectivity index (χ0n) is 15.9. The number of nitrogens with one attached hydrogen (secondary N) is 3. The zero-order valence-corrected chi connectivity index (χ0v) is 17.6. The van der Waals surface area contributed by atoms with Crippen molar-refractivity contribution in [2.24, 2.45) is 5.92 Å². The van der Waals surface area contributed by atoms with Gasteiger partial charge in [0.1, 0.15) is 0 Å². The highest BCUT2D eigenvalue weighted by atomic mass is 35.5. The largest absolute Gasteiger partial charge is 0.349 e. The van der Waals surface area contributed by atoms with Gasteiger partial charge >= 0.3 is 0 Å². The van der Waals surface area contributed by atoms with Crippen LogP contribution in [0.3, 0.4) is 0 Å². The molecule has 3 rings (SSSR count). The molecule has 28 heavy (non-hydrogen) atoms. The first kappa shape index (κ1) is 22.2. The smallest absolute Gasteiger partial charge is 0.261 e. The second-order valence-corrected chi connectivity index (χ2v) is 8.73. The fourth-order valence-corrected chi connectivity index (χ4v) is 4.22. The number of hydrogen-bond acceptors (Lipinski definition) is 4. The highest BCUT2D eigenvalue weighted by Gasteiger charge is 2.24. The molecule has 1 saturated heterocycles. The van der Waals surface area contributed by atoms with Gasteiger partial charge in [-0.15, -0.1) is 12.4 Å². The second-order valence-electron chi connectivity index (χ2n) is 7.05. The van der Waals surface area contributed by atoms with Gasteiger partial charge in [-0.25, -0.2) is 8.42 Å². The Morgan fingerprint density at radius 3 is 2.54 bits per heavy atom. The summed E-state index contributed by atoms with van der Waals surface area (Å²) in [6, 6.07) is 13.3. The quantitative estimate of drug-likeness (QED) is 0.690. The molecule has 0 radical (unpaired) electrons. The van der Waals surface area contributed by atoms with Crippen LogP contribution >= 0.6 is 12.4 Å². The number of aryl methyl sites for hydroxylation is 1. The molecule has 1 heterocycles. The van der Waals surface area contributed by atoms with Crippen molar-refractivity contribution in [2.45, 2.75) is 31.2 Å². The van der Waals surface area contributed by atoms with Crippen LogP contribution in [0.15, 0.2) is 53.4 Å². The van der Waals surface area contributed by atoms with Crippen LogP contribution in [-0.2, 0) is 10.0 Å². The summed E-state index contributed by atoms with van der Waals surface area (Å²) in [5.41, 5.74) is 1.87. The van der Waals surface area contributed by atoms with Gasteiger partial charge in [0.15, 0.2) is 0 Å². The third-order valence-electron chi connectivity index (χ3n) is 4.81. The maximum atomic E-state index is 12.7. The minimum atomic E-state index is -3.77. The molecule has 2 unspecified atom stereocenters. The number of rotatable bonds is 5. The van der Waals surface area contributed by atoms with Crippen molar-refractivity contribution in [1.29, 1.82) is 0 Å². The van der Waals surface area contributed by atoms with Crippen LogP contribution in [-0.4, -0.2) is 33.5 Å². The van der Waals surface area contributed by atoms with Gasteiger partial charge < -0.3 is 10.6 Å². The topological polar surface area (TPSA) is 87.3 Å². The van der Waals surface area contributed by atoms with Crippen molar-refractivity contribution in [2.75, 3.05) is 17.8 Å². The van der Waals surface area contributed by atoms with Gasteiger partial charge in [-0.1, -0.05) is 30.7 Å². The van der Waals surface area contributed by atoms with Crippen molar-refractivity contribution in [3.8, 4) is 0 Å². The summed E-state index contributed by atoms with van der Waals surface area (Å²) in [5, 5.41) is 6.32. The van der Waals surface area contributed by atoms with Gasteiger partial charge in [-0.2, -0.15) is 0 Å². The van der Waals surface area contributed by atoms with E-state index in [4.69, 9.17) is 0 Å². The van der Waals surface area contributed by atoms with Crippen molar-refractivity contribution in [3.63, 3.8) is 0 Å². The molecule has 1 aliphatic rings. The number of hydrogen-bond donors (Lipinski definition) is 3. The van der Waals surface area contributed by atoms with Crippen LogP contribution in [0.2, 0.25) is 0 Å². The maximum Gasteiger partial charge on any atom is 0.261 e. The normalized spacial score (nSPS) is 19.4. The molecule has 2 atom stereocenters. The number of amides is 1. The van der Waals surface area contributed by atoms with E-state index in [-0.39, 0.29) is 29.3 Å². The lowest BCUT2D eigenvalue weighted by Crippen LogP contribution is -2.48. The molecule has 8 heteroatoms. The average molecular weight is 424 g/mol. The van der Waals surface area contributed by atoms with Gasteiger partial charge in [0.25, 0.3) is 15.9 Å². The number of piperidine rings is 1. The fourth-order valence-electron chi connectivity index (χ4n) is 3.12. The van der Waals surface area contributed by atoms with Crippen molar-refractivity contribution < 1.29 is 13.2 Å². The molecule has 1 amide bonds. The molecule has 0 saturated carbocycles. The predicted molar refractivity (Wildman–Crippen MR) is 114 cm³/mol. The standard InChI is InChI=1S/C20H25N3O3S.ClH/c1-14-6-8-17(9-7-14)23-27(25,26)18-5-3-4-16(12-18)20(24)22-19-10-11-21-13-15(19)2;/h3-9,12,15,19,21,23H,10-11,13H2,1-2H3,(H,22,24);1H. The van der Waals surface area contributed by atoms with E-state index in [0.29, 0.717) is 17.2 Å². The van der Waals surface area contributed by atoms with Crippen molar-refractivity contribution >= 4 is 34.0 Å². The third kappa shape index (κ3) is 5.47. The van der Waals surface area contributed by atoms with E-state index in [0.717, 1.165) is 25.1 Å². The summed E-state index contributed by atoms with van der Waals surface area (Å²) in [5.74, 6) is 0.0824. The molecule has 1 aliphatic heterocycles. The SMILES string of the molecule is Cc1ccc(NS(=O)(=O)c2cccc(C(=O)NC3CCNCC3C)c2)cc1.Cl. The number of carbonyl (C=O) groups is 1. The molecule has 2 aromatic rings. The Bertz CT molecular complexity index is 917. The molecule has 3 N–H and O–H groups in total. The van der Waals surface area contributed by atoms with E-state index in [1.807, 2.05) is 19.1 Å². The van der Waals surface area contributed by atoms with E-state index < -0.39 is 10.0 Å². The maximum absolute atomic E-state index is 12.7. The van der Waals surface area contributed by atoms with Crippen molar-refractivity contribution in [1.82, 2.24) is 10.6 Å². The molecule has 0 aromatic heterocycles. The highest BCUT2D eigenvalue weighted by molar-refractivity contribution is 7.92. The van der Waals surface area contributed by atoms with Crippen LogP contribution in [0, 0.1) is 12.8 Å². The Morgan fingerprint density at radius 2 is 1.86 bits per heavy atom. The van der Waals surface area contributed by atoms with Gasteiger partial charge in [0, 0.05) is 17.3 Å². The van der Waals surface area contributed by atoms with Crippen LogP contribution in [0.1, 0.15) is 29.3 Å². The van der Waals surface area contributed by atoms with Crippen LogP contribution < -0.4 is 15.4 Å². The number of benzene rings is 2. The summed E-state index contributed by atoms with van der Waals surface area (Å²) < 4.78 is 27.9. The molecule has 0 aliphatic carbocycles. The van der Waals surface area contributed by atoms with Crippen LogP contribution in [0.4, 0.5) is 5.69 Å².